The van der Waals surface area contributed by atoms with Crippen molar-refractivity contribution in [3.63, 3.8) is 0 Å². The molecule has 0 unspecified atom stereocenters. The third-order valence-corrected chi connectivity index (χ3v) is 5.77. The maximum atomic E-state index is 12.8. The molecule has 0 atom stereocenters. The summed E-state index contributed by atoms with van der Waals surface area (Å²) in [5, 5.41) is 4.12. The predicted molar refractivity (Wildman–Crippen MR) is 133 cm³/mol. The summed E-state index contributed by atoms with van der Waals surface area (Å²) >= 11 is 0. The number of pyridine rings is 2. The Balaban J connectivity index is 1.46. The molecule has 2 heterocycles. The third kappa shape index (κ3) is 5.06. The molecule has 4 aromatic rings. The van der Waals surface area contributed by atoms with E-state index < -0.39 is 0 Å². The molecule has 0 saturated carbocycles. The fourth-order valence-corrected chi connectivity index (χ4v) is 3.90. The van der Waals surface area contributed by atoms with Crippen LogP contribution in [0.25, 0.3) is 10.9 Å². The van der Waals surface area contributed by atoms with E-state index in [9.17, 15) is 4.79 Å². The number of amidine groups is 1. The lowest BCUT2D eigenvalue weighted by atomic mass is 9.99. The van der Waals surface area contributed by atoms with E-state index in [1.807, 2.05) is 44.2 Å². The van der Waals surface area contributed by atoms with Crippen LogP contribution in [-0.2, 0) is 13.0 Å². The summed E-state index contributed by atoms with van der Waals surface area (Å²) in [5.41, 5.74) is 13.6. The molecule has 0 aliphatic carbocycles. The number of hydrogen-bond donors (Lipinski definition) is 2. The number of nitrogens with two attached hydrogens (primary N) is 1. The maximum Gasteiger partial charge on any atom is 0.251 e. The van der Waals surface area contributed by atoms with Gasteiger partial charge in [0.25, 0.3) is 5.91 Å². The minimum Gasteiger partial charge on any atom is -0.384 e. The maximum absolute atomic E-state index is 12.8. The third-order valence-electron chi connectivity index (χ3n) is 5.77. The molecule has 2 aromatic heterocycles. The Morgan fingerprint density at radius 3 is 2.67 bits per heavy atom. The minimum absolute atomic E-state index is 0.128. The van der Waals surface area contributed by atoms with Crippen molar-refractivity contribution in [2.45, 2.75) is 26.8 Å². The Kier molecular flexibility index (Phi) is 6.45. The first kappa shape index (κ1) is 22.1. The van der Waals surface area contributed by atoms with E-state index in [1.165, 1.54) is 0 Å². The molecular weight excluding hydrogens is 410 g/mol. The summed E-state index contributed by atoms with van der Waals surface area (Å²) in [6.07, 6.45) is 4.12. The normalized spacial score (nSPS) is 11.5. The second-order valence-electron chi connectivity index (χ2n) is 8.13. The number of rotatable bonds is 6. The summed E-state index contributed by atoms with van der Waals surface area (Å²) < 4.78 is 0. The van der Waals surface area contributed by atoms with Crippen LogP contribution in [0.1, 0.15) is 43.9 Å². The van der Waals surface area contributed by atoms with E-state index in [1.54, 1.807) is 25.5 Å². The zero-order valence-electron chi connectivity index (χ0n) is 19.1. The van der Waals surface area contributed by atoms with Crippen LogP contribution in [0.3, 0.4) is 0 Å². The monoisotopic (exact) mass is 437 g/mol. The molecule has 0 aliphatic rings. The highest BCUT2D eigenvalue weighted by atomic mass is 16.1. The number of aryl methyl sites for hydroxylation is 2. The van der Waals surface area contributed by atoms with Gasteiger partial charge in [-0.3, -0.25) is 19.8 Å². The lowest BCUT2D eigenvalue weighted by molar-refractivity contribution is 0.0950. The van der Waals surface area contributed by atoms with Crippen LogP contribution in [0.2, 0.25) is 0 Å². The van der Waals surface area contributed by atoms with Crippen molar-refractivity contribution in [1.82, 2.24) is 15.3 Å². The largest absolute Gasteiger partial charge is 0.384 e. The van der Waals surface area contributed by atoms with Crippen LogP contribution in [0.4, 0.5) is 0 Å². The zero-order valence-corrected chi connectivity index (χ0v) is 19.1. The number of carbonyl (C=O) groups is 1. The van der Waals surface area contributed by atoms with Gasteiger partial charge in [-0.05, 0) is 72.5 Å². The van der Waals surface area contributed by atoms with Gasteiger partial charge in [0, 0.05) is 54.6 Å². The summed E-state index contributed by atoms with van der Waals surface area (Å²) in [4.78, 5) is 25.7. The molecule has 2 aromatic carbocycles. The molecule has 0 saturated heterocycles. The van der Waals surface area contributed by atoms with Gasteiger partial charge in [-0.1, -0.05) is 18.2 Å². The van der Waals surface area contributed by atoms with Gasteiger partial charge in [0.1, 0.15) is 5.84 Å². The molecule has 6 nitrogen and oxygen atoms in total. The average molecular weight is 438 g/mol. The first-order valence-corrected chi connectivity index (χ1v) is 10.8. The number of nitrogens with zero attached hydrogens (tertiary/aromatic N) is 3. The van der Waals surface area contributed by atoms with E-state index in [-0.39, 0.29) is 5.91 Å². The molecule has 6 heteroatoms. The highest BCUT2D eigenvalue weighted by molar-refractivity contribution is 5.99. The van der Waals surface area contributed by atoms with E-state index in [4.69, 9.17) is 5.73 Å². The fraction of sp³-hybridized carbons (Fsp3) is 0.185. The molecule has 166 valence electrons. The van der Waals surface area contributed by atoms with Crippen molar-refractivity contribution >= 4 is 22.6 Å². The molecule has 0 bridgehead atoms. The molecule has 3 N–H and O–H groups in total. The number of aliphatic imine (C=N–C) groups is 1. The highest BCUT2D eigenvalue weighted by Gasteiger charge is 2.11. The van der Waals surface area contributed by atoms with Crippen molar-refractivity contribution in [3.8, 4) is 0 Å². The molecule has 0 aliphatic heterocycles. The van der Waals surface area contributed by atoms with Gasteiger partial charge in [0.05, 0.1) is 5.52 Å². The van der Waals surface area contributed by atoms with Gasteiger partial charge in [0.2, 0.25) is 0 Å². The van der Waals surface area contributed by atoms with Gasteiger partial charge in [-0.2, -0.15) is 0 Å². The lowest BCUT2D eigenvalue weighted by Gasteiger charge is -2.13. The standard InChI is InChI=1S/C27H27N5O/c1-17-12-24(26(28)29-3)18(2)11-22(17)16-32-27(33)21-8-10-30-23(15-21)14-19-6-7-25-20(13-19)5-4-9-31-25/h4-13,15H,14,16H2,1-3H3,(H2,28,29)(H,32,33). The summed E-state index contributed by atoms with van der Waals surface area (Å²) in [7, 11) is 1.68. The van der Waals surface area contributed by atoms with Crippen LogP contribution in [0.5, 0.6) is 0 Å². The van der Waals surface area contributed by atoms with Crippen molar-refractivity contribution < 1.29 is 4.79 Å². The SMILES string of the molecule is CN=C(N)c1cc(C)c(CNC(=O)c2ccnc(Cc3ccc4ncccc4c3)c2)cc1C. The number of carbonyl (C=O) groups excluding carboxylic acids is 1. The Hall–Kier alpha value is -4.06. The Morgan fingerprint density at radius 1 is 1.00 bits per heavy atom. The molecule has 33 heavy (non-hydrogen) atoms. The number of amides is 1. The highest BCUT2D eigenvalue weighted by Crippen LogP contribution is 2.18. The lowest BCUT2D eigenvalue weighted by Crippen LogP contribution is -2.24. The summed E-state index contributed by atoms with van der Waals surface area (Å²) in [5.74, 6) is 0.385. The van der Waals surface area contributed by atoms with E-state index in [0.29, 0.717) is 24.4 Å². The Bertz CT molecular complexity index is 1360. The predicted octanol–water partition coefficient (Wildman–Crippen LogP) is 4.10. The van der Waals surface area contributed by atoms with Crippen molar-refractivity contribution in [2.75, 3.05) is 7.05 Å². The number of fused-ring (bicyclic) bond motifs is 1. The second-order valence-corrected chi connectivity index (χ2v) is 8.13. The van der Waals surface area contributed by atoms with E-state index in [0.717, 1.165) is 44.4 Å². The molecule has 0 fully saturated rings. The van der Waals surface area contributed by atoms with Gasteiger partial charge < -0.3 is 11.1 Å². The molecule has 4 rings (SSSR count). The van der Waals surface area contributed by atoms with Crippen LogP contribution >= 0.6 is 0 Å². The van der Waals surface area contributed by atoms with Crippen LogP contribution in [0.15, 0.2) is 72.0 Å². The number of benzene rings is 2. The van der Waals surface area contributed by atoms with Crippen LogP contribution < -0.4 is 11.1 Å². The zero-order chi connectivity index (χ0) is 23.4. The topological polar surface area (TPSA) is 93.3 Å². The molecule has 1 amide bonds. The smallest absolute Gasteiger partial charge is 0.251 e. The van der Waals surface area contributed by atoms with Gasteiger partial charge in [-0.15, -0.1) is 0 Å². The van der Waals surface area contributed by atoms with Gasteiger partial charge in [0.15, 0.2) is 0 Å². The van der Waals surface area contributed by atoms with Gasteiger partial charge >= 0.3 is 0 Å². The molecule has 0 radical (unpaired) electrons. The van der Waals surface area contributed by atoms with E-state index in [2.05, 4.69) is 38.5 Å². The minimum atomic E-state index is -0.128. The summed E-state index contributed by atoms with van der Waals surface area (Å²) in [6.45, 7) is 4.44. The van der Waals surface area contributed by atoms with Crippen molar-refractivity contribution in [1.29, 1.82) is 0 Å². The summed E-state index contributed by atoms with van der Waals surface area (Å²) in [6, 6.07) is 17.8. The molecular formula is C27H27N5O. The Morgan fingerprint density at radius 2 is 1.85 bits per heavy atom. The van der Waals surface area contributed by atoms with E-state index >= 15 is 0 Å². The van der Waals surface area contributed by atoms with Gasteiger partial charge in [-0.25, -0.2) is 0 Å². The van der Waals surface area contributed by atoms with Crippen LogP contribution in [0, 0.1) is 13.8 Å². The first-order chi connectivity index (χ1) is 15.9. The number of nitrogens with one attached hydrogen (secondary N) is 1. The van der Waals surface area contributed by atoms with Crippen molar-refractivity contribution in [2.24, 2.45) is 10.7 Å². The van der Waals surface area contributed by atoms with Crippen LogP contribution in [-0.4, -0.2) is 28.8 Å². The van der Waals surface area contributed by atoms with Crippen molar-refractivity contribution in [3.05, 3.63) is 106 Å². The molecule has 0 spiro atoms. The second kappa shape index (κ2) is 9.61. The number of hydrogen-bond acceptors (Lipinski definition) is 4. The quantitative estimate of drug-likeness (QED) is 0.351. The Labute approximate surface area is 193 Å². The average Bonchev–Trinajstić information content (AvgIpc) is 2.83. The number of aromatic nitrogens is 2. The first-order valence-electron chi connectivity index (χ1n) is 10.8. The fourth-order valence-electron chi connectivity index (χ4n) is 3.90.